The topological polar surface area (TPSA) is 104 Å². The van der Waals surface area contributed by atoms with Gasteiger partial charge in [0.1, 0.15) is 0 Å². The minimum Gasteiger partial charge on any atom is -0.346 e. The molecule has 4 rings (SSSR count). The van der Waals surface area contributed by atoms with Crippen molar-refractivity contribution in [1.82, 2.24) is 5.32 Å². The lowest BCUT2D eigenvalue weighted by Gasteiger charge is -2.16. The molecular weight excluding hydrogens is 462 g/mol. The van der Waals surface area contributed by atoms with Gasteiger partial charge in [-0.25, -0.2) is 8.42 Å². The molecular formula is C27H29N3O4S. The molecule has 8 heteroatoms. The van der Waals surface area contributed by atoms with Crippen molar-refractivity contribution in [3.8, 4) is 0 Å². The molecule has 3 aromatic carbocycles. The smallest absolute Gasteiger partial charge is 0.262 e. The number of benzene rings is 3. The van der Waals surface area contributed by atoms with Crippen molar-refractivity contribution in [3.63, 3.8) is 0 Å². The Morgan fingerprint density at radius 2 is 1.63 bits per heavy atom. The summed E-state index contributed by atoms with van der Waals surface area (Å²) in [5, 5.41) is 5.83. The van der Waals surface area contributed by atoms with Crippen LogP contribution in [0.2, 0.25) is 0 Å². The molecule has 0 radical (unpaired) electrons. The first kappa shape index (κ1) is 24.5. The standard InChI is InChI=1S/C27H29N3O4S/c1-17-7-8-18(2)25(15-17)35(33,34)30-24-6-4-5-22(16-24)27(32)28-19(3)20-11-13-23(14-12-20)29-26(31)21-9-10-21/h4-8,11-16,19,21,30H,9-10H2,1-3H3,(H,28,32)(H,29,31). The number of anilines is 2. The van der Waals surface area contributed by atoms with Crippen LogP contribution in [0.3, 0.4) is 0 Å². The molecule has 35 heavy (non-hydrogen) atoms. The van der Waals surface area contributed by atoms with Crippen molar-refractivity contribution < 1.29 is 18.0 Å². The zero-order valence-corrected chi connectivity index (χ0v) is 20.8. The third-order valence-corrected chi connectivity index (χ3v) is 7.51. The van der Waals surface area contributed by atoms with Gasteiger partial charge in [0.05, 0.1) is 10.9 Å². The summed E-state index contributed by atoms with van der Waals surface area (Å²) in [4.78, 5) is 25.0. The summed E-state index contributed by atoms with van der Waals surface area (Å²) < 4.78 is 28.4. The summed E-state index contributed by atoms with van der Waals surface area (Å²) in [5.74, 6) is -0.141. The lowest BCUT2D eigenvalue weighted by atomic mass is 10.1. The number of carbonyl (C=O) groups is 2. The summed E-state index contributed by atoms with van der Waals surface area (Å²) in [6, 6.07) is 18.7. The Labute approximate surface area is 206 Å². The molecule has 0 saturated heterocycles. The van der Waals surface area contributed by atoms with Gasteiger partial charge < -0.3 is 10.6 Å². The molecule has 3 N–H and O–H groups in total. The largest absolute Gasteiger partial charge is 0.346 e. The van der Waals surface area contributed by atoms with Gasteiger partial charge >= 0.3 is 0 Å². The molecule has 3 aromatic rings. The number of hydrogen-bond donors (Lipinski definition) is 3. The number of nitrogens with one attached hydrogen (secondary N) is 3. The van der Waals surface area contributed by atoms with Crippen LogP contribution in [0, 0.1) is 19.8 Å². The molecule has 1 aliphatic carbocycles. The van der Waals surface area contributed by atoms with E-state index in [1.54, 1.807) is 37.3 Å². The van der Waals surface area contributed by atoms with Gasteiger partial charge in [0.2, 0.25) is 5.91 Å². The highest BCUT2D eigenvalue weighted by molar-refractivity contribution is 7.92. The van der Waals surface area contributed by atoms with E-state index in [0.717, 1.165) is 29.7 Å². The minimum atomic E-state index is -3.80. The molecule has 1 saturated carbocycles. The molecule has 0 aromatic heterocycles. The monoisotopic (exact) mass is 491 g/mol. The Bertz CT molecular complexity index is 1360. The van der Waals surface area contributed by atoms with Crippen LogP contribution in [-0.2, 0) is 14.8 Å². The Kier molecular flexibility index (Phi) is 6.93. The fraction of sp³-hybridized carbons (Fsp3) is 0.259. The molecule has 0 bridgehead atoms. The maximum Gasteiger partial charge on any atom is 0.262 e. The lowest BCUT2D eigenvalue weighted by molar-refractivity contribution is -0.117. The first-order chi connectivity index (χ1) is 16.6. The maximum atomic E-state index is 12.9. The molecule has 0 heterocycles. The minimum absolute atomic E-state index is 0.0483. The second kappa shape index (κ2) is 9.92. The predicted octanol–water partition coefficient (Wildman–Crippen LogP) is 4.94. The molecule has 1 atom stereocenters. The van der Waals surface area contributed by atoms with Gasteiger partial charge in [-0.3, -0.25) is 14.3 Å². The Balaban J connectivity index is 1.42. The van der Waals surface area contributed by atoms with Gasteiger partial charge in [-0.2, -0.15) is 0 Å². The molecule has 7 nitrogen and oxygen atoms in total. The van der Waals surface area contributed by atoms with Crippen molar-refractivity contribution in [3.05, 3.63) is 89.0 Å². The number of carbonyl (C=O) groups excluding carboxylic acids is 2. The third-order valence-electron chi connectivity index (χ3n) is 5.98. The summed E-state index contributed by atoms with van der Waals surface area (Å²) in [6.45, 7) is 5.44. The summed E-state index contributed by atoms with van der Waals surface area (Å²) in [7, 11) is -3.80. The lowest BCUT2D eigenvalue weighted by Crippen LogP contribution is -2.26. The van der Waals surface area contributed by atoms with Crippen LogP contribution in [0.15, 0.2) is 71.6 Å². The van der Waals surface area contributed by atoms with E-state index in [9.17, 15) is 18.0 Å². The molecule has 0 spiro atoms. The first-order valence-corrected chi connectivity index (χ1v) is 13.0. The third kappa shape index (κ3) is 6.08. The maximum absolute atomic E-state index is 12.9. The SMILES string of the molecule is Cc1ccc(C)c(S(=O)(=O)Nc2cccc(C(=O)NC(C)c3ccc(NC(=O)C4CC4)cc3)c2)c1. The number of rotatable bonds is 8. The van der Waals surface area contributed by atoms with Crippen LogP contribution in [0.4, 0.5) is 11.4 Å². The zero-order valence-electron chi connectivity index (χ0n) is 20.0. The van der Waals surface area contributed by atoms with Crippen LogP contribution in [-0.4, -0.2) is 20.2 Å². The van der Waals surface area contributed by atoms with E-state index in [4.69, 9.17) is 0 Å². The second-order valence-electron chi connectivity index (χ2n) is 9.04. The Morgan fingerprint density at radius 1 is 0.914 bits per heavy atom. The van der Waals surface area contributed by atoms with Gasteiger partial charge in [0.15, 0.2) is 0 Å². The average Bonchev–Trinajstić information content (AvgIpc) is 3.66. The highest BCUT2D eigenvalue weighted by Gasteiger charge is 2.29. The van der Waals surface area contributed by atoms with Gasteiger partial charge in [0, 0.05) is 22.9 Å². The second-order valence-corrected chi connectivity index (χ2v) is 10.7. The average molecular weight is 492 g/mol. The van der Waals surface area contributed by atoms with E-state index < -0.39 is 10.0 Å². The van der Waals surface area contributed by atoms with E-state index in [-0.39, 0.29) is 28.7 Å². The van der Waals surface area contributed by atoms with Crippen molar-refractivity contribution in [2.75, 3.05) is 10.0 Å². The van der Waals surface area contributed by atoms with E-state index in [1.807, 2.05) is 44.2 Å². The zero-order chi connectivity index (χ0) is 25.2. The van der Waals surface area contributed by atoms with Crippen molar-refractivity contribution in [2.45, 2.75) is 44.6 Å². The fourth-order valence-corrected chi connectivity index (χ4v) is 5.12. The number of aryl methyl sites for hydroxylation is 2. The van der Waals surface area contributed by atoms with Crippen LogP contribution in [0.5, 0.6) is 0 Å². The number of sulfonamides is 1. The fourth-order valence-electron chi connectivity index (χ4n) is 3.74. The van der Waals surface area contributed by atoms with Gasteiger partial charge in [-0.1, -0.05) is 30.3 Å². The van der Waals surface area contributed by atoms with E-state index >= 15 is 0 Å². The van der Waals surface area contributed by atoms with Crippen LogP contribution in [0.1, 0.15) is 52.9 Å². The molecule has 0 aliphatic heterocycles. The first-order valence-electron chi connectivity index (χ1n) is 11.5. The quantitative estimate of drug-likeness (QED) is 0.415. The van der Waals surface area contributed by atoms with E-state index in [1.165, 1.54) is 6.07 Å². The van der Waals surface area contributed by atoms with Crippen LogP contribution in [0.25, 0.3) is 0 Å². The van der Waals surface area contributed by atoms with Gasteiger partial charge in [0.25, 0.3) is 15.9 Å². The van der Waals surface area contributed by atoms with Crippen molar-refractivity contribution in [1.29, 1.82) is 0 Å². The molecule has 1 fully saturated rings. The number of hydrogen-bond acceptors (Lipinski definition) is 4. The predicted molar refractivity (Wildman–Crippen MR) is 137 cm³/mol. The summed E-state index contributed by atoms with van der Waals surface area (Å²) in [6.07, 6.45) is 1.89. The van der Waals surface area contributed by atoms with Gasteiger partial charge in [-0.15, -0.1) is 0 Å². The summed E-state index contributed by atoms with van der Waals surface area (Å²) >= 11 is 0. The Hall–Kier alpha value is -3.65. The summed E-state index contributed by atoms with van der Waals surface area (Å²) in [5.41, 5.74) is 3.75. The number of amides is 2. The molecule has 1 unspecified atom stereocenters. The van der Waals surface area contributed by atoms with Crippen LogP contribution < -0.4 is 15.4 Å². The highest BCUT2D eigenvalue weighted by Crippen LogP contribution is 2.30. The van der Waals surface area contributed by atoms with E-state index in [2.05, 4.69) is 15.4 Å². The van der Waals surface area contributed by atoms with Crippen LogP contribution >= 0.6 is 0 Å². The molecule has 1 aliphatic rings. The van der Waals surface area contributed by atoms with Gasteiger partial charge in [-0.05, 0) is 86.7 Å². The Morgan fingerprint density at radius 3 is 2.31 bits per heavy atom. The highest BCUT2D eigenvalue weighted by atomic mass is 32.2. The van der Waals surface area contributed by atoms with Crippen molar-refractivity contribution >= 4 is 33.2 Å². The molecule has 2 amide bonds. The van der Waals surface area contributed by atoms with E-state index in [0.29, 0.717) is 16.8 Å². The van der Waals surface area contributed by atoms with Crippen molar-refractivity contribution in [2.24, 2.45) is 5.92 Å². The normalized spacial score (nSPS) is 14.1. The molecule has 182 valence electrons.